The first-order valence-corrected chi connectivity index (χ1v) is 12.5. The molecule has 0 spiro atoms. The maximum absolute atomic E-state index is 12.5. The minimum absolute atomic E-state index is 0.0738. The van der Waals surface area contributed by atoms with E-state index in [0.717, 1.165) is 22.4 Å². The molecule has 36 heavy (non-hydrogen) atoms. The number of halogens is 1. The molecule has 1 amide bonds. The molecular weight excluding hydrogens is 494 g/mol. The lowest BCUT2D eigenvalue weighted by Crippen LogP contribution is -2.20. The van der Waals surface area contributed by atoms with Crippen LogP contribution in [0.2, 0.25) is 5.02 Å². The monoisotopic (exact) mass is 517 g/mol. The Kier molecular flexibility index (Phi) is 8.20. The number of rotatable bonds is 9. The van der Waals surface area contributed by atoms with Crippen molar-refractivity contribution in [2.24, 2.45) is 5.10 Å². The number of aryl methyl sites for hydroxylation is 1. The summed E-state index contributed by atoms with van der Waals surface area (Å²) in [6, 6.07) is 20.7. The van der Waals surface area contributed by atoms with Crippen molar-refractivity contribution in [3.8, 4) is 22.8 Å². The highest BCUT2D eigenvalue weighted by molar-refractivity contribution is 7.99. The van der Waals surface area contributed by atoms with Crippen molar-refractivity contribution >= 4 is 35.5 Å². The number of carbonyl (C=O) groups is 1. The van der Waals surface area contributed by atoms with Gasteiger partial charge in [0.05, 0.1) is 12.0 Å². The van der Waals surface area contributed by atoms with Gasteiger partial charge in [0.25, 0.3) is 5.91 Å². The summed E-state index contributed by atoms with van der Waals surface area (Å²) in [6.45, 7) is 5.71. The van der Waals surface area contributed by atoms with Gasteiger partial charge in [0.1, 0.15) is 5.75 Å². The Morgan fingerprint density at radius 2 is 1.89 bits per heavy atom. The summed E-state index contributed by atoms with van der Waals surface area (Å²) in [5, 5.41) is 24.2. The number of aromatic hydroxyl groups is 1. The average Bonchev–Trinajstić information content (AvgIpc) is 3.30. The number of aromatic nitrogens is 3. The van der Waals surface area contributed by atoms with Gasteiger partial charge in [-0.3, -0.25) is 9.36 Å². The molecule has 1 aromatic heterocycles. The summed E-state index contributed by atoms with van der Waals surface area (Å²) >= 11 is 7.30. The number of phenols is 1. The average molecular weight is 518 g/mol. The van der Waals surface area contributed by atoms with Gasteiger partial charge in [0, 0.05) is 21.8 Å². The van der Waals surface area contributed by atoms with Crippen LogP contribution in [0.25, 0.3) is 17.1 Å². The van der Waals surface area contributed by atoms with Gasteiger partial charge in [-0.15, -0.1) is 16.8 Å². The summed E-state index contributed by atoms with van der Waals surface area (Å²) < 4.78 is 1.91. The maximum Gasteiger partial charge on any atom is 0.250 e. The zero-order valence-corrected chi connectivity index (χ0v) is 21.1. The quantitative estimate of drug-likeness (QED) is 0.131. The van der Waals surface area contributed by atoms with Crippen LogP contribution in [-0.2, 0) is 11.2 Å². The highest BCUT2D eigenvalue weighted by Crippen LogP contribution is 2.29. The second-order valence-corrected chi connectivity index (χ2v) is 9.29. The van der Waals surface area contributed by atoms with Crippen molar-refractivity contribution in [1.82, 2.24) is 20.2 Å². The standard InChI is InChI=1S/C27H24ClN5O2S/c1-3-5-19-6-4-7-21(25(19)35)16-29-30-24(34)17-36-27-32-31-26(20-10-12-22(28)13-11-20)33(27)23-14-8-18(2)9-15-23/h3-4,6-16,35H,1,5,17H2,2H3,(H,30,34)/b29-16-. The maximum atomic E-state index is 12.5. The molecule has 0 fully saturated rings. The Bertz CT molecular complexity index is 1400. The van der Waals surface area contributed by atoms with E-state index in [1.807, 2.05) is 60.0 Å². The molecule has 0 unspecified atom stereocenters. The van der Waals surface area contributed by atoms with E-state index in [2.05, 4.69) is 27.3 Å². The smallest absolute Gasteiger partial charge is 0.250 e. The van der Waals surface area contributed by atoms with Crippen molar-refractivity contribution in [3.63, 3.8) is 0 Å². The van der Waals surface area contributed by atoms with Crippen LogP contribution in [0.1, 0.15) is 16.7 Å². The van der Waals surface area contributed by atoms with Crippen LogP contribution < -0.4 is 5.43 Å². The lowest BCUT2D eigenvalue weighted by atomic mass is 10.1. The van der Waals surface area contributed by atoms with Gasteiger partial charge in [0.15, 0.2) is 11.0 Å². The topological polar surface area (TPSA) is 92.4 Å². The van der Waals surface area contributed by atoms with Crippen molar-refractivity contribution in [1.29, 1.82) is 0 Å². The molecule has 0 saturated heterocycles. The highest BCUT2D eigenvalue weighted by atomic mass is 35.5. The third-order valence-electron chi connectivity index (χ3n) is 5.27. The SMILES string of the molecule is C=CCc1cccc(/C=N\NC(=O)CSc2nnc(-c3ccc(Cl)cc3)n2-c2ccc(C)cc2)c1O. The number of hydrazone groups is 1. The second kappa shape index (κ2) is 11.7. The van der Waals surface area contributed by atoms with Crippen LogP contribution in [0.5, 0.6) is 5.75 Å². The second-order valence-electron chi connectivity index (χ2n) is 7.91. The predicted octanol–water partition coefficient (Wildman–Crippen LogP) is 5.57. The summed E-state index contributed by atoms with van der Waals surface area (Å²) in [5.74, 6) is 0.520. The summed E-state index contributed by atoms with van der Waals surface area (Å²) in [5.41, 5.74) is 6.61. The minimum Gasteiger partial charge on any atom is -0.507 e. The minimum atomic E-state index is -0.315. The zero-order valence-electron chi connectivity index (χ0n) is 19.6. The number of allylic oxidation sites excluding steroid dienone is 1. The van der Waals surface area contributed by atoms with Gasteiger partial charge in [-0.1, -0.05) is 59.3 Å². The van der Waals surface area contributed by atoms with E-state index in [1.165, 1.54) is 18.0 Å². The van der Waals surface area contributed by atoms with E-state index in [9.17, 15) is 9.90 Å². The zero-order chi connectivity index (χ0) is 25.5. The molecule has 0 bridgehead atoms. The normalized spacial score (nSPS) is 11.1. The molecule has 4 rings (SSSR count). The van der Waals surface area contributed by atoms with Crippen molar-refractivity contribution in [2.45, 2.75) is 18.5 Å². The van der Waals surface area contributed by atoms with Gasteiger partial charge in [0.2, 0.25) is 0 Å². The van der Waals surface area contributed by atoms with Crippen LogP contribution in [-0.4, -0.2) is 37.7 Å². The molecular formula is C27H24ClN5O2S. The van der Waals surface area contributed by atoms with Gasteiger partial charge < -0.3 is 5.11 Å². The number of benzene rings is 3. The molecule has 1 heterocycles. The van der Waals surface area contributed by atoms with Crippen LogP contribution in [0.15, 0.2) is 89.6 Å². The summed E-state index contributed by atoms with van der Waals surface area (Å²) in [7, 11) is 0. The van der Waals surface area contributed by atoms with E-state index in [-0.39, 0.29) is 17.4 Å². The highest BCUT2D eigenvalue weighted by Gasteiger charge is 2.17. The summed E-state index contributed by atoms with van der Waals surface area (Å²) in [6.07, 6.45) is 3.66. The Balaban J connectivity index is 1.49. The lowest BCUT2D eigenvalue weighted by molar-refractivity contribution is -0.118. The first-order chi connectivity index (χ1) is 17.5. The molecule has 4 aromatic rings. The number of amides is 1. The van der Waals surface area contributed by atoms with E-state index in [4.69, 9.17) is 11.6 Å². The van der Waals surface area contributed by atoms with Crippen LogP contribution >= 0.6 is 23.4 Å². The largest absolute Gasteiger partial charge is 0.507 e. The lowest BCUT2D eigenvalue weighted by Gasteiger charge is -2.10. The molecule has 0 saturated carbocycles. The van der Waals surface area contributed by atoms with Gasteiger partial charge in [-0.2, -0.15) is 5.10 Å². The molecule has 0 aliphatic rings. The van der Waals surface area contributed by atoms with E-state index >= 15 is 0 Å². The third kappa shape index (κ3) is 6.02. The molecule has 7 nitrogen and oxygen atoms in total. The number of nitrogens with one attached hydrogen (secondary N) is 1. The molecule has 182 valence electrons. The number of nitrogens with zero attached hydrogens (tertiary/aromatic N) is 4. The number of phenolic OH excluding ortho intramolecular Hbond substituents is 1. The van der Waals surface area contributed by atoms with Crippen molar-refractivity contribution in [3.05, 3.63) is 101 Å². The molecule has 0 radical (unpaired) electrons. The molecule has 0 aliphatic heterocycles. The fraction of sp³-hybridized carbons (Fsp3) is 0.111. The Hall–Kier alpha value is -3.88. The van der Waals surface area contributed by atoms with Gasteiger partial charge in [-0.25, -0.2) is 5.43 Å². The summed E-state index contributed by atoms with van der Waals surface area (Å²) in [4.78, 5) is 12.5. The van der Waals surface area contributed by atoms with Crippen molar-refractivity contribution < 1.29 is 9.90 Å². The Labute approximate surface area is 218 Å². The third-order valence-corrected chi connectivity index (χ3v) is 6.45. The Morgan fingerprint density at radius 1 is 1.14 bits per heavy atom. The molecule has 3 aromatic carbocycles. The molecule has 2 N–H and O–H groups in total. The van der Waals surface area contributed by atoms with E-state index in [1.54, 1.807) is 24.3 Å². The van der Waals surface area contributed by atoms with Crippen molar-refractivity contribution in [2.75, 3.05) is 5.75 Å². The number of para-hydroxylation sites is 1. The van der Waals surface area contributed by atoms with Crippen LogP contribution in [0, 0.1) is 6.92 Å². The van der Waals surface area contributed by atoms with Crippen LogP contribution in [0.3, 0.4) is 0 Å². The first kappa shape index (κ1) is 25.2. The fourth-order valence-corrected chi connectivity index (χ4v) is 4.32. The number of carbonyl (C=O) groups excluding carboxylic acids is 1. The number of hydrogen-bond donors (Lipinski definition) is 2. The van der Waals surface area contributed by atoms with Gasteiger partial charge >= 0.3 is 0 Å². The van der Waals surface area contributed by atoms with Crippen LogP contribution in [0.4, 0.5) is 0 Å². The predicted molar refractivity (Wildman–Crippen MR) is 145 cm³/mol. The fourth-order valence-electron chi connectivity index (χ4n) is 3.45. The molecule has 0 atom stereocenters. The van der Waals surface area contributed by atoms with E-state index in [0.29, 0.717) is 28.0 Å². The van der Waals surface area contributed by atoms with Gasteiger partial charge in [-0.05, 0) is 61.4 Å². The number of hydrogen-bond acceptors (Lipinski definition) is 6. The Morgan fingerprint density at radius 3 is 2.61 bits per heavy atom. The van der Waals surface area contributed by atoms with E-state index < -0.39 is 0 Å². The number of thioether (sulfide) groups is 1. The molecule has 9 heteroatoms. The first-order valence-electron chi connectivity index (χ1n) is 11.1. The molecule has 0 aliphatic carbocycles.